The highest BCUT2D eigenvalue weighted by Crippen LogP contribution is 2.18. The molecule has 1 fully saturated rings. The van der Waals surface area contributed by atoms with Gasteiger partial charge in [-0.1, -0.05) is 6.92 Å². The molecule has 0 unspecified atom stereocenters. The minimum atomic E-state index is -1.00. The van der Waals surface area contributed by atoms with Crippen LogP contribution in [0.15, 0.2) is 36.0 Å². The molecule has 23 heavy (non-hydrogen) atoms. The van der Waals surface area contributed by atoms with Crippen LogP contribution in [0, 0.1) is 17.2 Å². The van der Waals surface area contributed by atoms with Gasteiger partial charge in [0.25, 0.3) is 5.91 Å². The van der Waals surface area contributed by atoms with Gasteiger partial charge in [-0.15, -0.1) is 0 Å². The number of carboxylic acid groups (broad SMARTS) is 1. The summed E-state index contributed by atoms with van der Waals surface area (Å²) in [7, 11) is 0. The van der Waals surface area contributed by atoms with Crippen LogP contribution in [0.2, 0.25) is 0 Å². The highest BCUT2D eigenvalue weighted by Gasteiger charge is 2.22. The van der Waals surface area contributed by atoms with E-state index in [1.165, 1.54) is 18.3 Å². The number of likely N-dealkylation sites (tertiary alicyclic amines) is 1. The number of amides is 1. The fourth-order valence-corrected chi connectivity index (χ4v) is 2.39. The molecule has 2 rings (SSSR count). The quantitative estimate of drug-likeness (QED) is 0.658. The number of nitrogens with zero attached hydrogens (tertiary/aromatic N) is 2. The van der Waals surface area contributed by atoms with Gasteiger partial charge in [0.05, 0.1) is 5.56 Å². The standard InChI is InChI=1S/C17H19N3O3/c1-12-6-8-20(9-7-12)16(21)14(10-18)11-19-15-4-2-13(3-5-15)17(22)23/h2-5,11-12,19H,6-9H2,1H3,(H,22,23)/b14-11-. The molecule has 6 heteroatoms. The number of hydrogen-bond donors (Lipinski definition) is 2. The van der Waals surface area contributed by atoms with Crippen LogP contribution in [0.25, 0.3) is 0 Å². The molecule has 1 aromatic rings. The van der Waals surface area contributed by atoms with Gasteiger partial charge in [-0.3, -0.25) is 4.79 Å². The molecule has 0 saturated carbocycles. The first kappa shape index (κ1) is 16.6. The minimum absolute atomic E-state index is 0.0434. The predicted octanol–water partition coefficient (Wildman–Crippen LogP) is 2.46. The summed E-state index contributed by atoms with van der Waals surface area (Å²) in [5.41, 5.74) is 0.836. The lowest BCUT2D eigenvalue weighted by atomic mass is 9.99. The summed E-state index contributed by atoms with van der Waals surface area (Å²) < 4.78 is 0. The number of carbonyl (C=O) groups excluding carboxylic acids is 1. The lowest BCUT2D eigenvalue weighted by molar-refractivity contribution is -0.128. The fraction of sp³-hybridized carbons (Fsp3) is 0.353. The molecule has 1 heterocycles. The highest BCUT2D eigenvalue weighted by molar-refractivity contribution is 5.97. The van der Waals surface area contributed by atoms with Crippen molar-refractivity contribution in [2.24, 2.45) is 5.92 Å². The maximum Gasteiger partial charge on any atom is 0.335 e. The number of piperidine rings is 1. The summed E-state index contributed by atoms with van der Waals surface area (Å²) in [5.74, 6) is -0.659. The summed E-state index contributed by atoms with van der Waals surface area (Å²) in [5, 5.41) is 20.9. The smallest absolute Gasteiger partial charge is 0.335 e. The second-order valence-corrected chi connectivity index (χ2v) is 5.67. The summed E-state index contributed by atoms with van der Waals surface area (Å²) in [6, 6.07) is 8.01. The number of aromatic carboxylic acids is 1. The number of hydrogen-bond acceptors (Lipinski definition) is 4. The number of benzene rings is 1. The molecule has 0 aromatic heterocycles. The van der Waals surface area contributed by atoms with E-state index < -0.39 is 5.97 Å². The molecule has 0 atom stereocenters. The third-order valence-electron chi connectivity index (χ3n) is 3.94. The number of nitrogens with one attached hydrogen (secondary N) is 1. The van der Waals surface area contributed by atoms with Gasteiger partial charge < -0.3 is 15.3 Å². The Morgan fingerprint density at radius 2 is 1.91 bits per heavy atom. The second-order valence-electron chi connectivity index (χ2n) is 5.67. The Morgan fingerprint density at radius 3 is 2.43 bits per heavy atom. The van der Waals surface area contributed by atoms with Gasteiger partial charge in [-0.2, -0.15) is 5.26 Å². The van der Waals surface area contributed by atoms with Crippen LogP contribution in [0.1, 0.15) is 30.1 Å². The molecule has 1 aliphatic heterocycles. The third kappa shape index (κ3) is 4.33. The third-order valence-corrected chi connectivity index (χ3v) is 3.94. The van der Waals surface area contributed by atoms with Gasteiger partial charge in [0.1, 0.15) is 11.6 Å². The Morgan fingerprint density at radius 1 is 1.30 bits per heavy atom. The van der Waals surface area contributed by atoms with Crippen molar-refractivity contribution in [3.05, 3.63) is 41.6 Å². The summed E-state index contributed by atoms with van der Waals surface area (Å²) in [6.07, 6.45) is 3.28. The van der Waals surface area contributed by atoms with E-state index in [0.29, 0.717) is 24.7 Å². The van der Waals surface area contributed by atoms with Crippen LogP contribution in [-0.4, -0.2) is 35.0 Å². The Labute approximate surface area is 135 Å². The number of carboxylic acids is 1. The van der Waals surface area contributed by atoms with Gasteiger partial charge in [-0.25, -0.2) is 4.79 Å². The van der Waals surface area contributed by atoms with Crippen LogP contribution in [0.5, 0.6) is 0 Å². The van der Waals surface area contributed by atoms with E-state index in [2.05, 4.69) is 12.2 Å². The van der Waals surface area contributed by atoms with Crippen LogP contribution in [0.3, 0.4) is 0 Å². The molecule has 1 aromatic carbocycles. The zero-order valence-corrected chi connectivity index (χ0v) is 13.0. The molecule has 0 aliphatic carbocycles. The molecule has 1 aliphatic rings. The summed E-state index contributed by atoms with van der Waals surface area (Å²) in [4.78, 5) is 24.8. The van der Waals surface area contributed by atoms with Crippen LogP contribution in [-0.2, 0) is 4.79 Å². The molecule has 0 radical (unpaired) electrons. The van der Waals surface area contributed by atoms with E-state index in [0.717, 1.165) is 12.8 Å². The van der Waals surface area contributed by atoms with Gasteiger partial charge in [0.2, 0.25) is 0 Å². The Hall–Kier alpha value is -2.81. The van der Waals surface area contributed by atoms with Gasteiger partial charge in [-0.05, 0) is 43.0 Å². The second kappa shape index (κ2) is 7.45. The molecule has 1 saturated heterocycles. The van der Waals surface area contributed by atoms with Crippen molar-refractivity contribution < 1.29 is 14.7 Å². The molecule has 120 valence electrons. The van der Waals surface area contributed by atoms with Crippen molar-refractivity contribution in [1.29, 1.82) is 5.26 Å². The number of nitriles is 1. The zero-order valence-electron chi connectivity index (χ0n) is 13.0. The molecule has 0 spiro atoms. The average Bonchev–Trinajstić information content (AvgIpc) is 2.56. The van der Waals surface area contributed by atoms with Crippen molar-refractivity contribution in [3.8, 4) is 6.07 Å². The molecule has 1 amide bonds. The first-order chi connectivity index (χ1) is 11.0. The maximum atomic E-state index is 12.3. The van der Waals surface area contributed by atoms with Crippen molar-refractivity contribution >= 4 is 17.6 Å². The van der Waals surface area contributed by atoms with Crippen molar-refractivity contribution in [1.82, 2.24) is 4.90 Å². The van der Waals surface area contributed by atoms with Crippen LogP contribution < -0.4 is 5.32 Å². The first-order valence-electron chi connectivity index (χ1n) is 7.50. The average molecular weight is 313 g/mol. The number of rotatable bonds is 4. The highest BCUT2D eigenvalue weighted by atomic mass is 16.4. The van der Waals surface area contributed by atoms with E-state index >= 15 is 0 Å². The van der Waals surface area contributed by atoms with E-state index in [9.17, 15) is 14.9 Å². The maximum absolute atomic E-state index is 12.3. The van der Waals surface area contributed by atoms with Crippen LogP contribution >= 0.6 is 0 Å². The number of anilines is 1. The summed E-state index contributed by atoms with van der Waals surface area (Å²) in [6.45, 7) is 3.50. The van der Waals surface area contributed by atoms with Gasteiger partial charge in [0, 0.05) is 25.0 Å². The lowest BCUT2D eigenvalue weighted by Gasteiger charge is -2.30. The fourth-order valence-electron chi connectivity index (χ4n) is 2.39. The van der Waals surface area contributed by atoms with Crippen molar-refractivity contribution in [2.45, 2.75) is 19.8 Å². The van der Waals surface area contributed by atoms with E-state index in [1.807, 2.05) is 6.07 Å². The van der Waals surface area contributed by atoms with Crippen molar-refractivity contribution in [3.63, 3.8) is 0 Å². The number of carbonyl (C=O) groups is 2. The summed E-state index contributed by atoms with van der Waals surface area (Å²) >= 11 is 0. The Balaban J connectivity index is 2.02. The molecular weight excluding hydrogens is 294 g/mol. The van der Waals surface area contributed by atoms with Gasteiger partial charge >= 0.3 is 5.97 Å². The van der Waals surface area contributed by atoms with Crippen molar-refractivity contribution in [2.75, 3.05) is 18.4 Å². The molecular formula is C17H19N3O3. The predicted molar refractivity (Wildman–Crippen MR) is 85.7 cm³/mol. The SMILES string of the molecule is CC1CCN(C(=O)/C(C#N)=C\Nc2ccc(C(=O)O)cc2)CC1. The largest absolute Gasteiger partial charge is 0.478 e. The lowest BCUT2D eigenvalue weighted by Crippen LogP contribution is -2.38. The Kier molecular flexibility index (Phi) is 5.36. The normalized spacial score (nSPS) is 15.8. The van der Waals surface area contributed by atoms with Gasteiger partial charge in [0.15, 0.2) is 0 Å². The molecule has 2 N–H and O–H groups in total. The minimum Gasteiger partial charge on any atom is -0.478 e. The van der Waals surface area contributed by atoms with E-state index in [-0.39, 0.29) is 17.0 Å². The molecule has 6 nitrogen and oxygen atoms in total. The van der Waals surface area contributed by atoms with E-state index in [1.54, 1.807) is 17.0 Å². The van der Waals surface area contributed by atoms with E-state index in [4.69, 9.17) is 5.11 Å². The van der Waals surface area contributed by atoms with Crippen LogP contribution in [0.4, 0.5) is 5.69 Å². The molecule has 0 bridgehead atoms. The first-order valence-corrected chi connectivity index (χ1v) is 7.50. The monoisotopic (exact) mass is 313 g/mol. The zero-order chi connectivity index (χ0) is 16.8. The Bertz CT molecular complexity index is 651. The topological polar surface area (TPSA) is 93.4 Å².